The highest BCUT2D eigenvalue weighted by molar-refractivity contribution is 5.95. The molecular weight excluding hydrogens is 330 g/mol. The molecule has 1 aliphatic heterocycles. The summed E-state index contributed by atoms with van der Waals surface area (Å²) in [5, 5.41) is 3.07. The number of benzene rings is 1. The summed E-state index contributed by atoms with van der Waals surface area (Å²) in [5.41, 5.74) is 1.66. The maximum absolute atomic E-state index is 12.6. The number of carbonyl (C=O) groups is 1. The number of rotatable bonds is 6. The predicted octanol–water partition coefficient (Wildman–Crippen LogP) is 2.46. The standard InChI is InChI=1S/C20H27N3O3/c1-15-7-8-19(26-15)18(23-9-11-25-12-10-23)14-21-20(24)16-5-4-6-17(13-16)22(2)3/h4-8,13,18H,9-12,14H2,1-3H3,(H,21,24). The van der Waals surface area contributed by atoms with Crippen molar-refractivity contribution in [2.24, 2.45) is 0 Å². The third kappa shape index (κ3) is 4.45. The van der Waals surface area contributed by atoms with Gasteiger partial charge in [0, 0.05) is 45.0 Å². The van der Waals surface area contributed by atoms with Crippen LogP contribution in [0.3, 0.4) is 0 Å². The Labute approximate surface area is 154 Å². The average molecular weight is 357 g/mol. The summed E-state index contributed by atoms with van der Waals surface area (Å²) in [4.78, 5) is 16.9. The first-order chi connectivity index (χ1) is 12.5. The number of furan rings is 1. The zero-order valence-corrected chi connectivity index (χ0v) is 15.7. The molecule has 1 atom stereocenters. The molecule has 2 heterocycles. The van der Waals surface area contributed by atoms with E-state index in [0.717, 1.165) is 30.3 Å². The van der Waals surface area contributed by atoms with Crippen LogP contribution in [-0.2, 0) is 4.74 Å². The summed E-state index contributed by atoms with van der Waals surface area (Å²) >= 11 is 0. The normalized spacial score (nSPS) is 16.3. The first-order valence-electron chi connectivity index (χ1n) is 8.98. The predicted molar refractivity (Wildman–Crippen MR) is 102 cm³/mol. The SMILES string of the molecule is Cc1ccc(C(CNC(=O)c2cccc(N(C)C)c2)N2CCOCC2)o1. The van der Waals surface area contributed by atoms with E-state index in [9.17, 15) is 4.79 Å². The molecule has 6 nitrogen and oxygen atoms in total. The molecule has 1 aromatic heterocycles. The molecule has 0 aliphatic carbocycles. The van der Waals surface area contributed by atoms with Crippen LogP contribution in [0.5, 0.6) is 0 Å². The van der Waals surface area contributed by atoms with Crippen molar-refractivity contribution in [1.29, 1.82) is 0 Å². The van der Waals surface area contributed by atoms with Crippen LogP contribution in [0.4, 0.5) is 5.69 Å². The second-order valence-electron chi connectivity index (χ2n) is 6.77. The maximum Gasteiger partial charge on any atom is 0.251 e. The van der Waals surface area contributed by atoms with Gasteiger partial charge in [-0.3, -0.25) is 9.69 Å². The number of amides is 1. The Bertz CT molecular complexity index is 735. The summed E-state index contributed by atoms with van der Waals surface area (Å²) in [7, 11) is 3.93. The van der Waals surface area contributed by atoms with Crippen molar-refractivity contribution in [2.45, 2.75) is 13.0 Å². The number of morpholine rings is 1. The van der Waals surface area contributed by atoms with Gasteiger partial charge in [-0.1, -0.05) is 6.07 Å². The molecule has 6 heteroatoms. The van der Waals surface area contributed by atoms with Gasteiger partial charge in [-0.15, -0.1) is 0 Å². The van der Waals surface area contributed by atoms with Gasteiger partial charge in [-0.25, -0.2) is 0 Å². The lowest BCUT2D eigenvalue weighted by Crippen LogP contribution is -2.43. The number of carbonyl (C=O) groups excluding carboxylic acids is 1. The number of nitrogens with zero attached hydrogens (tertiary/aromatic N) is 2. The molecule has 1 fully saturated rings. The minimum Gasteiger partial charge on any atom is -0.465 e. The minimum absolute atomic E-state index is 0.00795. The molecule has 26 heavy (non-hydrogen) atoms. The highest BCUT2D eigenvalue weighted by Crippen LogP contribution is 2.23. The molecular formula is C20H27N3O3. The van der Waals surface area contributed by atoms with E-state index < -0.39 is 0 Å². The molecule has 2 aromatic rings. The van der Waals surface area contributed by atoms with Crippen molar-refractivity contribution in [3.05, 3.63) is 53.5 Å². The average Bonchev–Trinajstić information content (AvgIpc) is 3.09. The molecule has 1 saturated heterocycles. The lowest BCUT2D eigenvalue weighted by molar-refractivity contribution is 0.0117. The largest absolute Gasteiger partial charge is 0.465 e. The maximum atomic E-state index is 12.6. The van der Waals surface area contributed by atoms with Gasteiger partial charge in [0.05, 0.1) is 19.3 Å². The highest BCUT2D eigenvalue weighted by Gasteiger charge is 2.25. The minimum atomic E-state index is -0.0739. The van der Waals surface area contributed by atoms with E-state index in [4.69, 9.17) is 9.15 Å². The third-order valence-electron chi connectivity index (χ3n) is 4.66. The van der Waals surface area contributed by atoms with Gasteiger partial charge in [0.25, 0.3) is 5.91 Å². The Morgan fingerprint density at radius 3 is 2.65 bits per heavy atom. The van der Waals surface area contributed by atoms with Crippen LogP contribution in [0.15, 0.2) is 40.8 Å². The molecule has 1 unspecified atom stereocenters. The molecule has 0 saturated carbocycles. The first kappa shape index (κ1) is 18.5. The number of anilines is 1. The fourth-order valence-electron chi connectivity index (χ4n) is 3.15. The monoisotopic (exact) mass is 357 g/mol. The molecule has 3 rings (SSSR count). The molecule has 1 aliphatic rings. The Kier molecular flexibility index (Phi) is 5.96. The highest BCUT2D eigenvalue weighted by atomic mass is 16.5. The van der Waals surface area contributed by atoms with Gasteiger partial charge in [0.15, 0.2) is 0 Å². The number of hydrogen-bond acceptors (Lipinski definition) is 5. The summed E-state index contributed by atoms with van der Waals surface area (Å²) in [5.74, 6) is 1.69. The van der Waals surface area contributed by atoms with Crippen molar-refractivity contribution in [2.75, 3.05) is 51.8 Å². The van der Waals surface area contributed by atoms with E-state index in [0.29, 0.717) is 25.3 Å². The van der Waals surface area contributed by atoms with E-state index in [1.165, 1.54) is 0 Å². The van der Waals surface area contributed by atoms with E-state index in [1.807, 2.05) is 62.3 Å². The molecule has 1 aromatic carbocycles. The second kappa shape index (κ2) is 8.38. The Balaban J connectivity index is 1.70. The van der Waals surface area contributed by atoms with Crippen LogP contribution in [-0.4, -0.2) is 57.8 Å². The summed E-state index contributed by atoms with van der Waals surface area (Å²) in [6.07, 6.45) is 0. The van der Waals surface area contributed by atoms with E-state index >= 15 is 0 Å². The summed E-state index contributed by atoms with van der Waals surface area (Å²) in [6.45, 7) is 5.50. The van der Waals surface area contributed by atoms with Crippen molar-refractivity contribution in [1.82, 2.24) is 10.2 Å². The lowest BCUT2D eigenvalue weighted by atomic mass is 10.1. The van der Waals surface area contributed by atoms with Gasteiger partial charge in [0.2, 0.25) is 0 Å². The van der Waals surface area contributed by atoms with Crippen LogP contribution in [0.25, 0.3) is 0 Å². The number of hydrogen-bond donors (Lipinski definition) is 1. The number of nitrogens with one attached hydrogen (secondary N) is 1. The molecule has 0 radical (unpaired) electrons. The Morgan fingerprint density at radius 1 is 1.23 bits per heavy atom. The molecule has 1 amide bonds. The van der Waals surface area contributed by atoms with Gasteiger partial charge in [-0.2, -0.15) is 0 Å². The van der Waals surface area contributed by atoms with E-state index in [2.05, 4.69) is 10.2 Å². The zero-order valence-electron chi connectivity index (χ0n) is 15.7. The quantitative estimate of drug-likeness (QED) is 0.861. The van der Waals surface area contributed by atoms with Gasteiger partial charge in [0.1, 0.15) is 11.5 Å². The zero-order chi connectivity index (χ0) is 18.5. The molecule has 0 bridgehead atoms. The van der Waals surface area contributed by atoms with Crippen molar-refractivity contribution < 1.29 is 13.9 Å². The van der Waals surface area contributed by atoms with Crippen molar-refractivity contribution >= 4 is 11.6 Å². The fraction of sp³-hybridized carbons (Fsp3) is 0.450. The van der Waals surface area contributed by atoms with E-state index in [-0.39, 0.29) is 11.9 Å². The Morgan fingerprint density at radius 2 is 2.00 bits per heavy atom. The van der Waals surface area contributed by atoms with Crippen molar-refractivity contribution in [3.8, 4) is 0 Å². The fourth-order valence-corrected chi connectivity index (χ4v) is 3.15. The van der Waals surface area contributed by atoms with Gasteiger partial charge < -0.3 is 19.4 Å². The molecule has 0 spiro atoms. The van der Waals surface area contributed by atoms with Crippen LogP contribution in [0.1, 0.15) is 27.9 Å². The van der Waals surface area contributed by atoms with Crippen molar-refractivity contribution in [3.63, 3.8) is 0 Å². The van der Waals surface area contributed by atoms with Gasteiger partial charge in [-0.05, 0) is 37.3 Å². The smallest absolute Gasteiger partial charge is 0.251 e. The molecule has 1 N–H and O–H groups in total. The third-order valence-corrected chi connectivity index (χ3v) is 4.66. The summed E-state index contributed by atoms with van der Waals surface area (Å²) in [6, 6.07) is 11.6. The number of ether oxygens (including phenoxy) is 1. The summed E-state index contributed by atoms with van der Waals surface area (Å²) < 4.78 is 11.3. The lowest BCUT2D eigenvalue weighted by Gasteiger charge is -2.33. The van der Waals surface area contributed by atoms with E-state index in [1.54, 1.807) is 0 Å². The number of aryl methyl sites for hydroxylation is 1. The second-order valence-corrected chi connectivity index (χ2v) is 6.77. The van der Waals surface area contributed by atoms with Crippen LogP contribution in [0.2, 0.25) is 0 Å². The Hall–Kier alpha value is -2.31. The van der Waals surface area contributed by atoms with Crippen LogP contribution >= 0.6 is 0 Å². The topological polar surface area (TPSA) is 58.0 Å². The van der Waals surface area contributed by atoms with Crippen LogP contribution in [0, 0.1) is 6.92 Å². The first-order valence-corrected chi connectivity index (χ1v) is 8.98. The van der Waals surface area contributed by atoms with Crippen LogP contribution < -0.4 is 10.2 Å². The molecule has 140 valence electrons. The van der Waals surface area contributed by atoms with Gasteiger partial charge >= 0.3 is 0 Å².